The minimum atomic E-state index is -1.61. The van der Waals surface area contributed by atoms with Crippen LogP contribution in [0.5, 0.6) is 5.75 Å². The Morgan fingerprint density at radius 1 is 1.15 bits per heavy atom. The number of hydrogen-bond donors (Lipinski definition) is 2. The number of nitriles is 1. The average molecular weight is 519 g/mol. The number of anilines is 2. The Labute approximate surface area is 206 Å². The highest BCUT2D eigenvalue weighted by molar-refractivity contribution is 9.10. The summed E-state index contributed by atoms with van der Waals surface area (Å²) in [5, 5.41) is 13.3. The Morgan fingerprint density at radius 3 is 2.50 bits per heavy atom. The van der Waals surface area contributed by atoms with Gasteiger partial charge in [-0.3, -0.25) is 14.5 Å². The molecule has 3 N–H and O–H groups in total. The normalized spacial score (nSPS) is 23.0. The van der Waals surface area contributed by atoms with Crippen LogP contribution < -0.4 is 20.7 Å². The molecule has 1 aliphatic carbocycles. The number of halogens is 1. The first kappa shape index (κ1) is 22.2. The summed E-state index contributed by atoms with van der Waals surface area (Å²) in [4.78, 5) is 29.4. The van der Waals surface area contributed by atoms with Crippen molar-refractivity contribution in [1.29, 1.82) is 5.26 Å². The lowest BCUT2D eigenvalue weighted by atomic mass is 9.60. The van der Waals surface area contributed by atoms with Crippen molar-refractivity contribution < 1.29 is 14.3 Å². The molecule has 1 amide bonds. The van der Waals surface area contributed by atoms with Crippen LogP contribution in [0.1, 0.15) is 32.3 Å². The molecule has 1 unspecified atom stereocenters. The minimum Gasteiger partial charge on any atom is -0.497 e. The number of rotatable bonds is 2. The molecule has 2 aromatic rings. The first-order chi connectivity index (χ1) is 16.2. The second kappa shape index (κ2) is 7.47. The molecule has 172 valence electrons. The van der Waals surface area contributed by atoms with E-state index in [2.05, 4.69) is 27.3 Å². The molecule has 0 saturated carbocycles. The van der Waals surface area contributed by atoms with Crippen LogP contribution in [0.2, 0.25) is 0 Å². The van der Waals surface area contributed by atoms with Crippen LogP contribution in [0.4, 0.5) is 11.4 Å². The third kappa shape index (κ3) is 2.86. The standard InChI is InChI=1S/C26H23BrN4O3/c1-25(2)11-19-22(20(32)12-25)26(21-17(27)5-4-6-18(21)30-24(26)33)16(13-28)23(29)31(19)14-7-9-15(34-3)10-8-14/h4-10H,11-12,29H2,1-3H3,(H,30,33). The van der Waals surface area contributed by atoms with E-state index in [-0.39, 0.29) is 29.0 Å². The fraction of sp³-hybridized carbons (Fsp3) is 0.269. The first-order valence-electron chi connectivity index (χ1n) is 10.9. The Balaban J connectivity index is 1.89. The molecule has 0 bridgehead atoms. The lowest BCUT2D eigenvalue weighted by Gasteiger charge is -2.46. The highest BCUT2D eigenvalue weighted by Gasteiger charge is 2.61. The number of ketones is 1. The van der Waals surface area contributed by atoms with Gasteiger partial charge in [-0.25, -0.2) is 0 Å². The molecule has 3 aliphatic rings. The zero-order chi connectivity index (χ0) is 24.4. The van der Waals surface area contributed by atoms with Crippen LogP contribution in [0.15, 0.2) is 69.6 Å². The van der Waals surface area contributed by atoms with Gasteiger partial charge in [0.1, 0.15) is 23.1 Å². The summed E-state index contributed by atoms with van der Waals surface area (Å²) in [5.41, 5.74) is 7.54. The number of hydrogen-bond acceptors (Lipinski definition) is 6. The van der Waals surface area contributed by atoms with Gasteiger partial charge in [0.25, 0.3) is 0 Å². The molecule has 1 atom stereocenters. The zero-order valence-electron chi connectivity index (χ0n) is 19.0. The summed E-state index contributed by atoms with van der Waals surface area (Å²) in [6, 6.07) is 14.8. The fourth-order valence-electron chi connectivity index (χ4n) is 5.46. The van der Waals surface area contributed by atoms with E-state index in [4.69, 9.17) is 10.5 Å². The highest BCUT2D eigenvalue weighted by Crippen LogP contribution is 2.58. The average Bonchev–Trinajstić information content (AvgIpc) is 3.06. The Hall–Kier alpha value is -3.57. The maximum Gasteiger partial charge on any atom is 0.245 e. The van der Waals surface area contributed by atoms with Crippen molar-refractivity contribution in [3.63, 3.8) is 0 Å². The second-order valence-electron chi connectivity index (χ2n) is 9.53. The summed E-state index contributed by atoms with van der Waals surface area (Å²) < 4.78 is 5.92. The van der Waals surface area contributed by atoms with Crippen LogP contribution in [-0.4, -0.2) is 18.8 Å². The van der Waals surface area contributed by atoms with E-state index in [0.29, 0.717) is 44.9 Å². The molecular formula is C26H23BrN4O3. The molecule has 7 nitrogen and oxygen atoms in total. The summed E-state index contributed by atoms with van der Waals surface area (Å²) in [6.07, 6.45) is 0.768. The third-order valence-corrected chi connectivity index (χ3v) is 7.45. The molecule has 8 heteroatoms. The highest BCUT2D eigenvalue weighted by atomic mass is 79.9. The number of amides is 1. The predicted molar refractivity (Wildman–Crippen MR) is 132 cm³/mol. The van der Waals surface area contributed by atoms with E-state index in [1.165, 1.54) is 0 Å². The predicted octanol–water partition coefficient (Wildman–Crippen LogP) is 4.50. The summed E-state index contributed by atoms with van der Waals surface area (Å²) in [6.45, 7) is 4.04. The number of carbonyl (C=O) groups is 2. The SMILES string of the molecule is COc1ccc(N2C(N)=C(C#N)C3(C(=O)Nc4cccc(Br)c43)C3=C2CC(C)(C)CC3=O)cc1. The molecule has 1 spiro atoms. The topological polar surface area (TPSA) is 108 Å². The summed E-state index contributed by atoms with van der Waals surface area (Å²) >= 11 is 3.57. The largest absolute Gasteiger partial charge is 0.497 e. The number of allylic oxidation sites excluding steroid dienone is 1. The number of Topliss-reactive ketones (excluding diaryl/α,β-unsaturated/α-hetero) is 1. The van der Waals surface area contributed by atoms with Crippen molar-refractivity contribution in [2.24, 2.45) is 11.1 Å². The van der Waals surface area contributed by atoms with Gasteiger partial charge >= 0.3 is 0 Å². The maximum absolute atomic E-state index is 13.8. The van der Waals surface area contributed by atoms with Gasteiger partial charge in [0, 0.05) is 39.1 Å². The van der Waals surface area contributed by atoms with Gasteiger partial charge in [-0.1, -0.05) is 35.8 Å². The number of ether oxygens (including phenoxy) is 1. The van der Waals surface area contributed by atoms with Gasteiger partial charge in [-0.2, -0.15) is 5.26 Å². The van der Waals surface area contributed by atoms with Crippen LogP contribution in [0, 0.1) is 16.7 Å². The van der Waals surface area contributed by atoms with Crippen molar-refractivity contribution in [3.8, 4) is 11.8 Å². The smallest absolute Gasteiger partial charge is 0.245 e. The number of benzene rings is 2. The van der Waals surface area contributed by atoms with Crippen LogP contribution in [-0.2, 0) is 15.0 Å². The molecule has 2 aromatic carbocycles. The molecule has 0 saturated heterocycles. The van der Waals surface area contributed by atoms with Crippen molar-refractivity contribution in [2.45, 2.75) is 32.1 Å². The van der Waals surface area contributed by atoms with Crippen LogP contribution in [0.3, 0.4) is 0 Å². The van der Waals surface area contributed by atoms with E-state index in [1.807, 2.05) is 26.0 Å². The Bertz CT molecular complexity index is 1370. The Morgan fingerprint density at radius 2 is 1.85 bits per heavy atom. The molecule has 0 aromatic heterocycles. The molecule has 2 heterocycles. The van der Waals surface area contributed by atoms with Crippen LogP contribution >= 0.6 is 15.9 Å². The Kier molecular flexibility index (Phi) is 4.88. The molecular weight excluding hydrogens is 496 g/mol. The van der Waals surface area contributed by atoms with E-state index in [0.717, 1.165) is 0 Å². The van der Waals surface area contributed by atoms with Crippen molar-refractivity contribution in [1.82, 2.24) is 0 Å². The lowest BCUT2D eigenvalue weighted by molar-refractivity contribution is -0.123. The van der Waals surface area contributed by atoms with Gasteiger partial charge in [0.05, 0.1) is 12.7 Å². The zero-order valence-corrected chi connectivity index (χ0v) is 20.6. The molecule has 2 aliphatic heterocycles. The number of carbonyl (C=O) groups excluding carboxylic acids is 2. The fourth-order valence-corrected chi connectivity index (χ4v) is 6.13. The quantitative estimate of drug-likeness (QED) is 0.605. The third-order valence-electron chi connectivity index (χ3n) is 6.79. The first-order valence-corrected chi connectivity index (χ1v) is 11.7. The van der Waals surface area contributed by atoms with Gasteiger partial charge in [-0.05, 0) is 48.2 Å². The number of nitrogens with zero attached hydrogens (tertiary/aromatic N) is 2. The minimum absolute atomic E-state index is 0.0401. The molecule has 0 radical (unpaired) electrons. The van der Waals surface area contributed by atoms with E-state index in [1.54, 1.807) is 42.3 Å². The summed E-state index contributed by atoms with van der Waals surface area (Å²) in [7, 11) is 1.58. The number of nitrogens with two attached hydrogens (primary N) is 1. The van der Waals surface area contributed by atoms with Gasteiger partial charge < -0.3 is 15.8 Å². The number of fused-ring (bicyclic) bond motifs is 3. The van der Waals surface area contributed by atoms with Gasteiger partial charge in [0.15, 0.2) is 5.78 Å². The monoisotopic (exact) mass is 518 g/mol. The molecule has 34 heavy (non-hydrogen) atoms. The van der Waals surface area contributed by atoms with Crippen molar-refractivity contribution in [2.75, 3.05) is 17.3 Å². The van der Waals surface area contributed by atoms with Gasteiger partial charge in [-0.15, -0.1) is 0 Å². The number of nitrogens with one attached hydrogen (secondary N) is 1. The molecule has 0 fully saturated rings. The maximum atomic E-state index is 13.8. The second-order valence-corrected chi connectivity index (χ2v) is 10.4. The van der Waals surface area contributed by atoms with E-state index >= 15 is 0 Å². The summed E-state index contributed by atoms with van der Waals surface area (Å²) in [5.74, 6) is 0.200. The molecule has 5 rings (SSSR count). The number of methoxy groups -OCH3 is 1. The van der Waals surface area contributed by atoms with Gasteiger partial charge in [0.2, 0.25) is 5.91 Å². The van der Waals surface area contributed by atoms with Crippen LogP contribution in [0.25, 0.3) is 0 Å². The van der Waals surface area contributed by atoms with Crippen molar-refractivity contribution in [3.05, 3.63) is 75.2 Å². The van der Waals surface area contributed by atoms with Crippen molar-refractivity contribution >= 4 is 39.0 Å². The lowest BCUT2D eigenvalue weighted by Crippen LogP contribution is -2.52. The van der Waals surface area contributed by atoms with E-state index in [9.17, 15) is 14.9 Å². The van der Waals surface area contributed by atoms with E-state index < -0.39 is 11.3 Å².